The fourth-order valence-corrected chi connectivity index (χ4v) is 5.95. The Labute approximate surface area is 242 Å². The first kappa shape index (κ1) is 30.6. The molecule has 0 spiro atoms. The van der Waals surface area contributed by atoms with E-state index in [-0.39, 0.29) is 43.3 Å². The molecule has 0 saturated heterocycles. The molecule has 8 heteroatoms. The molecule has 2 aliphatic carbocycles. The highest BCUT2D eigenvalue weighted by atomic mass is 19.1. The molecule has 0 bridgehead atoms. The maximum atomic E-state index is 14.5. The Kier molecular flexibility index (Phi) is 8.61. The van der Waals surface area contributed by atoms with Crippen LogP contribution in [0.1, 0.15) is 83.9 Å². The van der Waals surface area contributed by atoms with Crippen LogP contribution in [-0.4, -0.2) is 52.0 Å². The van der Waals surface area contributed by atoms with Crippen molar-refractivity contribution in [2.45, 2.75) is 97.4 Å². The number of halogens is 1. The third-order valence-corrected chi connectivity index (χ3v) is 8.88. The van der Waals surface area contributed by atoms with Crippen LogP contribution < -0.4 is 10.6 Å². The van der Waals surface area contributed by atoms with Gasteiger partial charge in [-0.15, -0.1) is 0 Å². The quantitative estimate of drug-likeness (QED) is 0.390. The maximum Gasteiger partial charge on any atom is 0.258 e. The van der Waals surface area contributed by atoms with Crippen LogP contribution in [0.2, 0.25) is 0 Å². The number of amides is 2. The number of aliphatic hydroxyl groups is 1. The lowest BCUT2D eigenvalue weighted by atomic mass is 9.68. The van der Waals surface area contributed by atoms with E-state index in [0.29, 0.717) is 6.54 Å². The van der Waals surface area contributed by atoms with Gasteiger partial charge in [-0.2, -0.15) is 0 Å². The molecule has 41 heavy (non-hydrogen) atoms. The van der Waals surface area contributed by atoms with Gasteiger partial charge in [0.1, 0.15) is 0 Å². The SMILES string of the molecule is CC[C@H](CNC(=O)C1C[C@@H](O)CC1(C)C(=O)[C@@H](NC(=O)C1(F)CC1)C(C)(C)C)c1ccc(-c2c#ccnc2C)cc1. The number of ketones is 1. The highest BCUT2D eigenvalue weighted by Crippen LogP contribution is 2.47. The third kappa shape index (κ3) is 6.46. The predicted molar refractivity (Wildman–Crippen MR) is 154 cm³/mol. The Balaban J connectivity index is 1.47. The number of alkyl halides is 1. The Hall–Kier alpha value is -3.31. The van der Waals surface area contributed by atoms with Crippen molar-refractivity contribution >= 4 is 17.6 Å². The lowest BCUT2D eigenvalue weighted by Gasteiger charge is -2.38. The molecule has 2 amide bonds. The number of Topliss-reactive ketones (excluding diaryl/α,β-unsaturated/α-hetero) is 1. The summed E-state index contributed by atoms with van der Waals surface area (Å²) in [6, 6.07) is 13.1. The summed E-state index contributed by atoms with van der Waals surface area (Å²) in [5.41, 5.74) is -0.00532. The van der Waals surface area contributed by atoms with E-state index in [0.717, 1.165) is 28.8 Å². The second-order valence-corrected chi connectivity index (χ2v) is 13.1. The molecule has 0 aliphatic heterocycles. The van der Waals surface area contributed by atoms with E-state index in [9.17, 15) is 23.9 Å². The van der Waals surface area contributed by atoms with E-state index in [1.165, 1.54) is 0 Å². The van der Waals surface area contributed by atoms with Crippen LogP contribution in [-0.2, 0) is 14.4 Å². The molecule has 3 N–H and O–H groups in total. The summed E-state index contributed by atoms with van der Waals surface area (Å²) in [7, 11) is 0. The summed E-state index contributed by atoms with van der Waals surface area (Å²) in [6.45, 7) is 11.5. The van der Waals surface area contributed by atoms with Gasteiger partial charge in [-0.3, -0.25) is 19.4 Å². The highest BCUT2D eigenvalue weighted by molar-refractivity contribution is 5.99. The van der Waals surface area contributed by atoms with Gasteiger partial charge in [0.25, 0.3) is 5.91 Å². The minimum absolute atomic E-state index is 0.0488. The van der Waals surface area contributed by atoms with E-state index in [1.807, 2.05) is 31.2 Å². The van der Waals surface area contributed by atoms with E-state index in [2.05, 4.69) is 34.7 Å². The third-order valence-electron chi connectivity index (χ3n) is 8.88. The van der Waals surface area contributed by atoms with E-state index >= 15 is 0 Å². The number of nitrogens with zero attached hydrogens (tertiary/aromatic N) is 1. The number of aryl methyl sites for hydroxylation is 1. The number of nitrogens with one attached hydrogen (secondary N) is 2. The summed E-state index contributed by atoms with van der Waals surface area (Å²) in [5.74, 6) is -2.14. The van der Waals surface area contributed by atoms with Gasteiger partial charge >= 0.3 is 0 Å². The van der Waals surface area contributed by atoms with Gasteiger partial charge in [0, 0.05) is 17.9 Å². The van der Waals surface area contributed by atoms with Crippen molar-refractivity contribution in [3.8, 4) is 11.1 Å². The zero-order chi connectivity index (χ0) is 30.2. The van der Waals surface area contributed by atoms with Crippen molar-refractivity contribution in [3.05, 3.63) is 53.9 Å². The first-order chi connectivity index (χ1) is 19.2. The molecule has 1 heterocycles. The fourth-order valence-electron chi connectivity index (χ4n) is 5.95. The van der Waals surface area contributed by atoms with Gasteiger partial charge < -0.3 is 15.7 Å². The maximum absolute atomic E-state index is 14.5. The molecule has 2 fully saturated rings. The smallest absolute Gasteiger partial charge is 0.258 e. The molecule has 220 valence electrons. The summed E-state index contributed by atoms with van der Waals surface area (Å²) in [6.07, 6.45) is 2.10. The fraction of sp³-hybridized carbons (Fsp3) is 0.576. The molecule has 5 atom stereocenters. The van der Waals surface area contributed by atoms with Crippen molar-refractivity contribution in [1.82, 2.24) is 15.6 Å². The Morgan fingerprint density at radius 2 is 1.85 bits per heavy atom. The van der Waals surface area contributed by atoms with Crippen LogP contribution in [0.15, 0.2) is 30.5 Å². The number of aromatic nitrogens is 1. The van der Waals surface area contributed by atoms with Crippen molar-refractivity contribution < 1.29 is 23.9 Å². The Bertz CT molecular complexity index is 1280. The molecule has 4 rings (SSSR count). The normalized spacial score (nSPS) is 24.6. The zero-order valence-corrected chi connectivity index (χ0v) is 24.9. The Morgan fingerprint density at radius 3 is 2.41 bits per heavy atom. The first-order valence-corrected chi connectivity index (χ1v) is 14.5. The van der Waals surface area contributed by atoms with Crippen molar-refractivity contribution in [2.75, 3.05) is 6.54 Å². The molecule has 1 aromatic heterocycles. The number of hydrogen-bond acceptors (Lipinski definition) is 5. The van der Waals surface area contributed by atoms with Gasteiger partial charge in [0.2, 0.25) is 5.91 Å². The number of carbonyl (C=O) groups excluding carboxylic acids is 3. The van der Waals surface area contributed by atoms with Gasteiger partial charge in [0.05, 0.1) is 35.5 Å². The number of rotatable bonds is 10. The minimum Gasteiger partial charge on any atom is -0.393 e. The predicted octanol–water partition coefficient (Wildman–Crippen LogP) is 4.65. The molecule has 1 aromatic carbocycles. The van der Waals surface area contributed by atoms with Crippen LogP contribution >= 0.6 is 0 Å². The molecule has 7 nitrogen and oxygen atoms in total. The summed E-state index contributed by atoms with van der Waals surface area (Å²) in [4.78, 5) is 44.4. The molecular formula is C33H42FN3O4. The van der Waals surface area contributed by atoms with Crippen LogP contribution in [0, 0.1) is 35.8 Å². The average Bonchev–Trinajstić information content (AvgIpc) is 3.60. The van der Waals surface area contributed by atoms with Gasteiger partial charge in [-0.05, 0) is 61.6 Å². The van der Waals surface area contributed by atoms with E-state index < -0.39 is 40.5 Å². The van der Waals surface area contributed by atoms with Crippen molar-refractivity contribution in [3.63, 3.8) is 0 Å². The second-order valence-electron chi connectivity index (χ2n) is 13.1. The highest BCUT2D eigenvalue weighted by Gasteiger charge is 2.57. The largest absolute Gasteiger partial charge is 0.393 e. The lowest BCUT2D eigenvalue weighted by Crippen LogP contribution is -2.57. The minimum atomic E-state index is -1.92. The lowest BCUT2D eigenvalue weighted by molar-refractivity contribution is -0.143. The first-order valence-electron chi connectivity index (χ1n) is 14.5. The molecule has 0 radical (unpaired) electrons. The molecule has 2 saturated carbocycles. The van der Waals surface area contributed by atoms with Gasteiger partial charge in [-0.1, -0.05) is 65.0 Å². The molecular weight excluding hydrogens is 521 g/mol. The van der Waals surface area contributed by atoms with Crippen LogP contribution in [0.4, 0.5) is 4.39 Å². The van der Waals surface area contributed by atoms with Crippen LogP contribution in [0.5, 0.6) is 0 Å². The topological polar surface area (TPSA) is 108 Å². The second kappa shape index (κ2) is 11.5. The van der Waals surface area contributed by atoms with E-state index in [1.54, 1.807) is 33.9 Å². The molecule has 2 aliphatic rings. The van der Waals surface area contributed by atoms with Crippen molar-refractivity contribution in [2.24, 2.45) is 16.7 Å². The summed E-state index contributed by atoms with van der Waals surface area (Å²) in [5, 5.41) is 16.3. The van der Waals surface area contributed by atoms with Gasteiger partial charge in [0.15, 0.2) is 11.5 Å². The number of benzene rings is 1. The van der Waals surface area contributed by atoms with Crippen LogP contribution in [0.25, 0.3) is 11.1 Å². The number of carbonyl (C=O) groups is 3. The van der Waals surface area contributed by atoms with E-state index in [4.69, 9.17) is 0 Å². The summed E-state index contributed by atoms with van der Waals surface area (Å²) >= 11 is 0. The van der Waals surface area contributed by atoms with Gasteiger partial charge in [-0.25, -0.2) is 4.39 Å². The Morgan fingerprint density at radius 1 is 1.20 bits per heavy atom. The number of aliphatic hydroxyl groups excluding tert-OH is 1. The molecule has 2 unspecified atom stereocenters. The average molecular weight is 564 g/mol. The molecule has 2 aromatic rings. The summed E-state index contributed by atoms with van der Waals surface area (Å²) < 4.78 is 14.5. The number of hydrogen-bond donors (Lipinski definition) is 3. The van der Waals surface area contributed by atoms with Crippen LogP contribution in [0.3, 0.4) is 0 Å². The van der Waals surface area contributed by atoms with Crippen molar-refractivity contribution in [1.29, 1.82) is 0 Å². The monoisotopic (exact) mass is 563 g/mol. The zero-order valence-electron chi connectivity index (χ0n) is 24.9. The standard InChI is InChI=1S/C33H42FN3O4/c1-7-21(22-10-12-23(13-11-22)25-9-8-16-35-20(25)2)19-36-29(40)26-17-24(38)18-32(26,6)28(39)27(31(3,4)5)37-30(41)33(34)14-15-33/h10-13,16,21,24,26-27,38H,7,14-15,17-19H2,1-6H3,(H,36,40)(H,37,41)/t21-,24-,26?,27-,32?/m1/s1.